The van der Waals surface area contributed by atoms with Crippen molar-refractivity contribution in [1.82, 2.24) is 9.80 Å². The van der Waals surface area contributed by atoms with Crippen LogP contribution in [0.25, 0.3) is 5.57 Å². The maximum atomic E-state index is 11.6. The SMILES string of the molecule is COc1cc(/C(=C/N(C)C)c2sc(C)cc2C=O)cc(OC)c1CN(C)C. The summed E-state index contributed by atoms with van der Waals surface area (Å²) in [5.74, 6) is 1.53. The highest BCUT2D eigenvalue weighted by Crippen LogP contribution is 2.39. The summed E-state index contributed by atoms with van der Waals surface area (Å²) in [5, 5.41) is 0. The molecule has 0 aliphatic rings. The van der Waals surface area contributed by atoms with E-state index in [4.69, 9.17) is 9.47 Å². The van der Waals surface area contributed by atoms with Gasteiger partial charge in [-0.05, 0) is 44.8 Å². The molecule has 1 heterocycles. The highest BCUT2D eigenvalue weighted by molar-refractivity contribution is 7.13. The van der Waals surface area contributed by atoms with Crippen molar-refractivity contribution in [1.29, 1.82) is 0 Å². The fraction of sp³-hybridized carbons (Fsp3) is 0.381. The average Bonchev–Trinajstić information content (AvgIpc) is 2.99. The van der Waals surface area contributed by atoms with E-state index in [2.05, 4.69) is 4.90 Å². The molecule has 0 bridgehead atoms. The van der Waals surface area contributed by atoms with Crippen LogP contribution in [0.15, 0.2) is 24.4 Å². The third-order valence-electron chi connectivity index (χ3n) is 4.04. The van der Waals surface area contributed by atoms with Gasteiger partial charge in [-0.3, -0.25) is 4.79 Å². The molecule has 2 rings (SSSR count). The number of hydrogen-bond donors (Lipinski definition) is 0. The number of carbonyl (C=O) groups is 1. The number of carbonyl (C=O) groups excluding carboxylic acids is 1. The molecule has 0 radical (unpaired) electrons. The molecule has 0 fully saturated rings. The van der Waals surface area contributed by atoms with Crippen molar-refractivity contribution in [3.05, 3.63) is 50.8 Å². The van der Waals surface area contributed by atoms with Gasteiger partial charge in [0.1, 0.15) is 11.5 Å². The van der Waals surface area contributed by atoms with Crippen LogP contribution >= 0.6 is 11.3 Å². The van der Waals surface area contributed by atoms with Crippen LogP contribution < -0.4 is 9.47 Å². The Balaban J connectivity index is 2.71. The van der Waals surface area contributed by atoms with E-state index in [9.17, 15) is 4.79 Å². The second kappa shape index (κ2) is 9.06. The van der Waals surface area contributed by atoms with Crippen LogP contribution in [0.4, 0.5) is 0 Å². The number of benzene rings is 1. The molecule has 146 valence electrons. The van der Waals surface area contributed by atoms with Crippen LogP contribution in [-0.2, 0) is 6.54 Å². The Hall–Kier alpha value is -2.31. The molecule has 0 aliphatic heterocycles. The quantitative estimate of drug-likeness (QED) is 0.642. The first-order valence-electron chi connectivity index (χ1n) is 8.64. The number of methoxy groups -OCH3 is 2. The van der Waals surface area contributed by atoms with Gasteiger partial charge in [-0.15, -0.1) is 11.3 Å². The molecule has 0 amide bonds. The van der Waals surface area contributed by atoms with Gasteiger partial charge in [0, 0.05) is 47.7 Å². The van der Waals surface area contributed by atoms with E-state index in [-0.39, 0.29) is 0 Å². The van der Waals surface area contributed by atoms with E-state index in [0.717, 1.165) is 44.2 Å². The third kappa shape index (κ3) is 4.90. The van der Waals surface area contributed by atoms with Crippen LogP contribution in [0, 0.1) is 6.92 Å². The van der Waals surface area contributed by atoms with Crippen LogP contribution in [-0.4, -0.2) is 58.5 Å². The Morgan fingerprint density at radius 1 is 1.07 bits per heavy atom. The molecular weight excluding hydrogens is 360 g/mol. The van der Waals surface area contributed by atoms with Gasteiger partial charge in [0.2, 0.25) is 0 Å². The first-order valence-corrected chi connectivity index (χ1v) is 9.46. The number of ether oxygens (including phenoxy) is 2. The largest absolute Gasteiger partial charge is 0.496 e. The highest BCUT2D eigenvalue weighted by Gasteiger charge is 2.19. The molecular formula is C21H28N2O3S. The van der Waals surface area contributed by atoms with Gasteiger partial charge >= 0.3 is 0 Å². The van der Waals surface area contributed by atoms with Crippen molar-refractivity contribution in [3.8, 4) is 11.5 Å². The molecule has 0 atom stereocenters. The smallest absolute Gasteiger partial charge is 0.151 e. The van der Waals surface area contributed by atoms with Crippen LogP contribution in [0.2, 0.25) is 0 Å². The van der Waals surface area contributed by atoms with Crippen molar-refractivity contribution < 1.29 is 14.3 Å². The fourth-order valence-corrected chi connectivity index (χ4v) is 3.98. The summed E-state index contributed by atoms with van der Waals surface area (Å²) < 4.78 is 11.3. The Morgan fingerprint density at radius 3 is 2.11 bits per heavy atom. The molecule has 27 heavy (non-hydrogen) atoms. The minimum Gasteiger partial charge on any atom is -0.496 e. The first-order chi connectivity index (χ1) is 12.8. The van der Waals surface area contributed by atoms with Crippen molar-refractivity contribution in [3.63, 3.8) is 0 Å². The molecule has 1 aromatic heterocycles. The second-order valence-electron chi connectivity index (χ2n) is 6.86. The van der Waals surface area contributed by atoms with E-state index in [0.29, 0.717) is 12.1 Å². The zero-order valence-electron chi connectivity index (χ0n) is 17.1. The number of aldehydes is 1. The zero-order valence-corrected chi connectivity index (χ0v) is 17.9. The summed E-state index contributed by atoms with van der Waals surface area (Å²) in [6.45, 7) is 2.72. The summed E-state index contributed by atoms with van der Waals surface area (Å²) in [5.41, 5.74) is 3.61. The lowest BCUT2D eigenvalue weighted by Crippen LogP contribution is -2.13. The number of hydrogen-bond acceptors (Lipinski definition) is 6. The maximum Gasteiger partial charge on any atom is 0.151 e. The van der Waals surface area contributed by atoms with Crippen LogP contribution in [0.5, 0.6) is 11.5 Å². The van der Waals surface area contributed by atoms with Gasteiger partial charge in [0.15, 0.2) is 6.29 Å². The Bertz CT molecular complexity index is 813. The zero-order chi connectivity index (χ0) is 20.1. The summed E-state index contributed by atoms with van der Waals surface area (Å²) in [7, 11) is 11.3. The lowest BCUT2D eigenvalue weighted by molar-refractivity contribution is 0.112. The van der Waals surface area contributed by atoms with E-state index in [1.54, 1.807) is 25.6 Å². The van der Waals surface area contributed by atoms with Crippen molar-refractivity contribution in [2.24, 2.45) is 0 Å². The summed E-state index contributed by atoms with van der Waals surface area (Å²) in [6.07, 6.45) is 2.94. The molecule has 0 saturated carbocycles. The first kappa shape index (κ1) is 21.0. The van der Waals surface area contributed by atoms with Crippen LogP contribution in [0.1, 0.15) is 31.2 Å². The van der Waals surface area contributed by atoms with Gasteiger partial charge in [-0.1, -0.05) is 0 Å². The van der Waals surface area contributed by atoms with Gasteiger partial charge in [-0.2, -0.15) is 0 Å². The maximum absolute atomic E-state index is 11.6. The Morgan fingerprint density at radius 2 is 1.67 bits per heavy atom. The highest BCUT2D eigenvalue weighted by atomic mass is 32.1. The lowest BCUT2D eigenvalue weighted by atomic mass is 9.99. The number of nitrogens with zero attached hydrogens (tertiary/aromatic N) is 2. The number of rotatable bonds is 8. The standard InChI is InChI=1S/C21H28N2O3S/c1-14-8-16(13-24)21(27-14)17(11-22(2)3)15-9-19(25-6)18(12-23(4)5)20(10-15)26-7/h8-11,13H,12H2,1-7H3/b17-11-. The van der Waals surface area contributed by atoms with E-state index in [1.165, 1.54) is 0 Å². The van der Waals surface area contributed by atoms with Gasteiger partial charge in [0.25, 0.3) is 0 Å². The lowest BCUT2D eigenvalue weighted by Gasteiger charge is -2.20. The average molecular weight is 389 g/mol. The molecule has 0 spiro atoms. The Labute approximate surface area is 165 Å². The summed E-state index contributed by atoms with van der Waals surface area (Å²) in [6, 6.07) is 5.95. The minimum absolute atomic E-state index is 0.695. The Kier molecular flexibility index (Phi) is 7.05. The third-order valence-corrected chi connectivity index (χ3v) is 5.14. The monoisotopic (exact) mass is 388 g/mol. The molecule has 1 aromatic carbocycles. The van der Waals surface area contributed by atoms with E-state index in [1.807, 2.05) is 64.4 Å². The summed E-state index contributed by atoms with van der Waals surface area (Å²) in [4.78, 5) is 17.7. The van der Waals surface area contributed by atoms with Crippen LogP contribution in [0.3, 0.4) is 0 Å². The van der Waals surface area contributed by atoms with Gasteiger partial charge in [-0.25, -0.2) is 0 Å². The van der Waals surface area contributed by atoms with Crippen molar-refractivity contribution in [2.45, 2.75) is 13.5 Å². The molecule has 6 heteroatoms. The minimum atomic E-state index is 0.695. The predicted octanol–water partition coefficient (Wildman–Crippen LogP) is 3.90. The molecule has 0 N–H and O–H groups in total. The molecule has 0 saturated heterocycles. The second-order valence-corrected chi connectivity index (χ2v) is 8.12. The van der Waals surface area contributed by atoms with E-state index < -0.39 is 0 Å². The molecule has 0 unspecified atom stereocenters. The van der Waals surface area contributed by atoms with Crippen molar-refractivity contribution in [2.75, 3.05) is 42.4 Å². The predicted molar refractivity (Wildman–Crippen MR) is 112 cm³/mol. The molecule has 5 nitrogen and oxygen atoms in total. The summed E-state index contributed by atoms with van der Waals surface area (Å²) >= 11 is 1.61. The van der Waals surface area contributed by atoms with Gasteiger partial charge in [0.05, 0.1) is 19.8 Å². The number of aryl methyl sites for hydroxylation is 1. The fourth-order valence-electron chi connectivity index (χ4n) is 2.97. The number of thiophene rings is 1. The molecule has 2 aromatic rings. The molecule has 0 aliphatic carbocycles. The van der Waals surface area contributed by atoms with Gasteiger partial charge < -0.3 is 19.3 Å². The van der Waals surface area contributed by atoms with E-state index >= 15 is 0 Å². The topological polar surface area (TPSA) is 42.0 Å². The van der Waals surface area contributed by atoms with Crippen molar-refractivity contribution >= 4 is 23.2 Å². The normalized spacial score (nSPS) is 11.6.